The van der Waals surface area contributed by atoms with Crippen LogP contribution in [0.4, 0.5) is 0 Å². The van der Waals surface area contributed by atoms with Gasteiger partial charge in [0.15, 0.2) is 0 Å². The first-order valence-electron chi connectivity index (χ1n) is 4.97. The van der Waals surface area contributed by atoms with Crippen LogP contribution in [0.3, 0.4) is 0 Å². The number of aromatic nitrogens is 1. The number of ether oxygens (including phenoxy) is 1. The zero-order chi connectivity index (χ0) is 10.8. The molecule has 0 aliphatic carbocycles. The molecule has 0 spiro atoms. The average molecular weight is 222 g/mol. The molecule has 15 heavy (non-hydrogen) atoms. The van der Waals surface area contributed by atoms with E-state index in [2.05, 4.69) is 11.1 Å². The maximum Gasteiger partial charge on any atom is 0.126 e. The minimum atomic E-state index is 0.502. The number of hydrogen-bond acceptors (Lipinski definition) is 4. The number of nitrogens with two attached hydrogens (primary N) is 1. The Morgan fingerprint density at radius 3 is 2.93 bits per heavy atom. The van der Waals surface area contributed by atoms with Gasteiger partial charge in [-0.3, -0.25) is 0 Å². The number of rotatable bonds is 3. The number of hydrogen-bond donors (Lipinski definition) is 1. The highest BCUT2D eigenvalue weighted by molar-refractivity contribution is 7.18. The van der Waals surface area contributed by atoms with E-state index in [1.165, 1.54) is 4.70 Å². The van der Waals surface area contributed by atoms with Crippen LogP contribution >= 0.6 is 11.3 Å². The van der Waals surface area contributed by atoms with E-state index in [1.54, 1.807) is 11.3 Å². The predicted molar refractivity (Wildman–Crippen MR) is 63.4 cm³/mol. The molecule has 0 radical (unpaired) electrons. The molecule has 0 aliphatic heterocycles. The third kappa shape index (κ3) is 1.96. The average Bonchev–Trinajstić information content (AvgIpc) is 2.56. The Morgan fingerprint density at radius 1 is 1.47 bits per heavy atom. The minimum Gasteiger partial charge on any atom is -0.493 e. The van der Waals surface area contributed by atoms with Gasteiger partial charge >= 0.3 is 0 Å². The molecule has 0 saturated heterocycles. The molecule has 2 N–H and O–H groups in total. The molecule has 3 nitrogen and oxygen atoms in total. The van der Waals surface area contributed by atoms with Gasteiger partial charge in [-0.05, 0) is 19.9 Å². The summed E-state index contributed by atoms with van der Waals surface area (Å²) in [5.41, 5.74) is 7.73. The maximum absolute atomic E-state index is 5.68. The summed E-state index contributed by atoms with van der Waals surface area (Å²) in [5.74, 6) is 0.859. The summed E-state index contributed by atoms with van der Waals surface area (Å²) >= 11 is 1.69. The van der Waals surface area contributed by atoms with Gasteiger partial charge in [0.25, 0.3) is 0 Å². The topological polar surface area (TPSA) is 48.1 Å². The SMILES string of the molecule is CCOc1cc2nc(C)sc2cc1CN. The van der Waals surface area contributed by atoms with Gasteiger partial charge in [-0.15, -0.1) is 11.3 Å². The lowest BCUT2D eigenvalue weighted by molar-refractivity contribution is 0.337. The molecule has 0 atom stereocenters. The van der Waals surface area contributed by atoms with Crippen molar-refractivity contribution in [1.29, 1.82) is 0 Å². The van der Waals surface area contributed by atoms with Gasteiger partial charge in [-0.2, -0.15) is 0 Å². The number of nitrogens with zero attached hydrogens (tertiary/aromatic N) is 1. The van der Waals surface area contributed by atoms with Crippen LogP contribution in [0.2, 0.25) is 0 Å². The van der Waals surface area contributed by atoms with Crippen LogP contribution in [0.25, 0.3) is 10.2 Å². The van der Waals surface area contributed by atoms with Crippen molar-refractivity contribution in [2.24, 2.45) is 5.73 Å². The lowest BCUT2D eigenvalue weighted by atomic mass is 10.2. The van der Waals surface area contributed by atoms with Crippen LogP contribution in [-0.4, -0.2) is 11.6 Å². The molecule has 2 aromatic rings. The fourth-order valence-corrected chi connectivity index (χ4v) is 2.43. The van der Waals surface area contributed by atoms with Crippen LogP contribution in [-0.2, 0) is 6.54 Å². The Balaban J connectivity index is 2.57. The summed E-state index contributed by atoms with van der Waals surface area (Å²) in [7, 11) is 0. The van der Waals surface area contributed by atoms with Crippen molar-refractivity contribution in [2.45, 2.75) is 20.4 Å². The Labute approximate surface area is 92.9 Å². The Kier molecular flexibility index (Phi) is 2.88. The highest BCUT2D eigenvalue weighted by Crippen LogP contribution is 2.29. The second kappa shape index (κ2) is 4.16. The summed E-state index contributed by atoms with van der Waals surface area (Å²) in [6.07, 6.45) is 0. The van der Waals surface area contributed by atoms with Crippen molar-refractivity contribution in [3.8, 4) is 5.75 Å². The second-order valence-corrected chi connectivity index (χ2v) is 4.53. The molecule has 0 saturated carbocycles. The summed E-state index contributed by atoms with van der Waals surface area (Å²) < 4.78 is 6.71. The lowest BCUT2D eigenvalue weighted by Gasteiger charge is -2.07. The lowest BCUT2D eigenvalue weighted by Crippen LogP contribution is -2.01. The van der Waals surface area contributed by atoms with Crippen molar-refractivity contribution >= 4 is 21.6 Å². The molecule has 0 fully saturated rings. The summed E-state index contributed by atoms with van der Waals surface area (Å²) in [6.45, 7) is 5.13. The molecule has 4 heteroatoms. The molecule has 80 valence electrons. The maximum atomic E-state index is 5.68. The van der Waals surface area contributed by atoms with E-state index in [0.29, 0.717) is 13.2 Å². The van der Waals surface area contributed by atoms with Gasteiger partial charge in [0.1, 0.15) is 5.75 Å². The number of thiazole rings is 1. The molecule has 1 aromatic heterocycles. The number of benzene rings is 1. The fraction of sp³-hybridized carbons (Fsp3) is 0.364. The number of fused-ring (bicyclic) bond motifs is 1. The molecule has 2 rings (SSSR count). The Bertz CT molecular complexity index is 479. The monoisotopic (exact) mass is 222 g/mol. The van der Waals surface area contributed by atoms with Crippen molar-refractivity contribution in [3.63, 3.8) is 0 Å². The first kappa shape index (κ1) is 10.4. The third-order valence-electron chi connectivity index (χ3n) is 2.20. The third-order valence-corrected chi connectivity index (χ3v) is 3.13. The van der Waals surface area contributed by atoms with Gasteiger partial charge in [0.2, 0.25) is 0 Å². The van der Waals surface area contributed by atoms with E-state index < -0.39 is 0 Å². The molecule has 0 unspecified atom stereocenters. The quantitative estimate of drug-likeness (QED) is 0.867. The van der Waals surface area contributed by atoms with Gasteiger partial charge < -0.3 is 10.5 Å². The van der Waals surface area contributed by atoms with E-state index in [9.17, 15) is 0 Å². The molecule has 0 bridgehead atoms. The summed E-state index contributed by atoms with van der Waals surface area (Å²) in [5, 5.41) is 1.07. The van der Waals surface area contributed by atoms with Crippen LogP contribution in [0, 0.1) is 6.92 Å². The summed E-state index contributed by atoms with van der Waals surface area (Å²) in [6, 6.07) is 4.05. The molecular formula is C11H14N2OS. The zero-order valence-corrected chi connectivity index (χ0v) is 9.73. The standard InChI is InChI=1S/C11H14N2OS/c1-3-14-10-5-9-11(4-8(10)6-12)15-7(2)13-9/h4-5H,3,6,12H2,1-2H3. The van der Waals surface area contributed by atoms with E-state index >= 15 is 0 Å². The highest BCUT2D eigenvalue weighted by atomic mass is 32.1. The van der Waals surface area contributed by atoms with Gasteiger partial charge in [-0.25, -0.2) is 4.98 Å². The molecule has 1 heterocycles. The zero-order valence-electron chi connectivity index (χ0n) is 8.91. The van der Waals surface area contributed by atoms with E-state index in [0.717, 1.165) is 21.8 Å². The van der Waals surface area contributed by atoms with Gasteiger partial charge in [0.05, 0.1) is 21.8 Å². The van der Waals surface area contributed by atoms with Crippen LogP contribution in [0.5, 0.6) is 5.75 Å². The normalized spacial score (nSPS) is 10.9. The van der Waals surface area contributed by atoms with Gasteiger partial charge in [-0.1, -0.05) is 0 Å². The summed E-state index contributed by atoms with van der Waals surface area (Å²) in [4.78, 5) is 4.43. The second-order valence-electron chi connectivity index (χ2n) is 3.30. The molecule has 1 aromatic carbocycles. The van der Waals surface area contributed by atoms with E-state index in [-0.39, 0.29) is 0 Å². The van der Waals surface area contributed by atoms with Crippen molar-refractivity contribution in [2.75, 3.05) is 6.61 Å². The van der Waals surface area contributed by atoms with Gasteiger partial charge in [0, 0.05) is 18.2 Å². The molecule has 0 aliphatic rings. The largest absolute Gasteiger partial charge is 0.493 e. The first-order chi connectivity index (χ1) is 7.24. The Hall–Kier alpha value is -1.13. The van der Waals surface area contributed by atoms with Crippen LogP contribution < -0.4 is 10.5 Å². The smallest absolute Gasteiger partial charge is 0.126 e. The predicted octanol–water partition coefficient (Wildman–Crippen LogP) is 2.46. The highest BCUT2D eigenvalue weighted by Gasteiger charge is 2.07. The van der Waals surface area contributed by atoms with Crippen molar-refractivity contribution in [3.05, 3.63) is 22.7 Å². The van der Waals surface area contributed by atoms with E-state index in [1.807, 2.05) is 19.9 Å². The molecule has 0 amide bonds. The Morgan fingerprint density at radius 2 is 2.27 bits per heavy atom. The van der Waals surface area contributed by atoms with Crippen LogP contribution in [0.15, 0.2) is 12.1 Å². The van der Waals surface area contributed by atoms with Crippen molar-refractivity contribution < 1.29 is 4.74 Å². The van der Waals surface area contributed by atoms with E-state index in [4.69, 9.17) is 10.5 Å². The minimum absolute atomic E-state index is 0.502. The first-order valence-corrected chi connectivity index (χ1v) is 5.79. The molecular weight excluding hydrogens is 208 g/mol. The fourth-order valence-electron chi connectivity index (χ4n) is 1.56. The van der Waals surface area contributed by atoms with Crippen molar-refractivity contribution in [1.82, 2.24) is 4.98 Å². The van der Waals surface area contributed by atoms with Crippen LogP contribution in [0.1, 0.15) is 17.5 Å². The number of aryl methyl sites for hydroxylation is 1.